The zero-order valence-electron chi connectivity index (χ0n) is 20.5. The van der Waals surface area contributed by atoms with Crippen LogP contribution in [0.15, 0.2) is 60.7 Å². The number of hydrogen-bond donors (Lipinski definition) is 2. The van der Waals surface area contributed by atoms with Crippen LogP contribution in [0.5, 0.6) is 11.5 Å². The predicted molar refractivity (Wildman–Crippen MR) is 135 cm³/mol. The lowest BCUT2D eigenvalue weighted by molar-refractivity contribution is -0.131. The molecule has 0 aromatic heterocycles. The molecule has 3 aromatic rings. The van der Waals surface area contributed by atoms with Gasteiger partial charge in [0.1, 0.15) is 5.92 Å². The van der Waals surface area contributed by atoms with Crippen molar-refractivity contribution in [3.63, 3.8) is 0 Å². The maximum absolute atomic E-state index is 13.9. The highest BCUT2D eigenvalue weighted by Gasteiger charge is 2.60. The van der Waals surface area contributed by atoms with E-state index in [1.54, 1.807) is 14.0 Å². The van der Waals surface area contributed by atoms with E-state index < -0.39 is 17.7 Å². The molecule has 1 fully saturated rings. The van der Waals surface area contributed by atoms with Gasteiger partial charge < -0.3 is 20.1 Å². The minimum atomic E-state index is -1.31. The van der Waals surface area contributed by atoms with Crippen LogP contribution in [0, 0.1) is 26.7 Å². The van der Waals surface area contributed by atoms with Gasteiger partial charge in [0, 0.05) is 16.9 Å². The molecule has 0 unspecified atom stereocenters. The molecule has 1 saturated heterocycles. The number of para-hydroxylation sites is 1. The number of rotatable bonds is 4. The summed E-state index contributed by atoms with van der Waals surface area (Å²) in [7, 11) is 1.58. The first-order valence-corrected chi connectivity index (χ1v) is 11.6. The van der Waals surface area contributed by atoms with Crippen LogP contribution in [-0.2, 0) is 4.79 Å². The van der Waals surface area contributed by atoms with Crippen molar-refractivity contribution in [2.24, 2.45) is 5.92 Å². The summed E-state index contributed by atoms with van der Waals surface area (Å²) >= 11 is 0. The summed E-state index contributed by atoms with van der Waals surface area (Å²) in [6.07, 6.45) is 0. The van der Waals surface area contributed by atoms with Gasteiger partial charge >= 0.3 is 6.03 Å². The first-order valence-electron chi connectivity index (χ1n) is 11.6. The van der Waals surface area contributed by atoms with Crippen LogP contribution in [0.3, 0.4) is 0 Å². The summed E-state index contributed by atoms with van der Waals surface area (Å²) in [4.78, 5) is 29.0. The van der Waals surface area contributed by atoms with Crippen LogP contribution < -0.4 is 25.0 Å². The van der Waals surface area contributed by atoms with E-state index in [2.05, 4.69) is 10.6 Å². The van der Waals surface area contributed by atoms with Gasteiger partial charge in [-0.1, -0.05) is 42.0 Å². The first kappa shape index (κ1) is 22.8. The molecule has 3 atom stereocenters. The summed E-state index contributed by atoms with van der Waals surface area (Å²) < 4.78 is 12.2. The van der Waals surface area contributed by atoms with E-state index in [0.717, 1.165) is 22.4 Å². The third kappa shape index (κ3) is 3.67. The number of benzene rings is 3. The molecule has 3 amide bonds. The molecule has 0 aliphatic carbocycles. The van der Waals surface area contributed by atoms with E-state index in [-0.39, 0.29) is 11.9 Å². The van der Waals surface area contributed by atoms with Gasteiger partial charge in [0.25, 0.3) is 0 Å². The number of methoxy groups -OCH3 is 1. The van der Waals surface area contributed by atoms with Crippen molar-refractivity contribution < 1.29 is 19.1 Å². The number of hydrogen-bond acceptors (Lipinski definition) is 4. The highest BCUT2D eigenvalue weighted by Crippen LogP contribution is 2.52. The van der Waals surface area contributed by atoms with E-state index in [9.17, 15) is 9.59 Å². The van der Waals surface area contributed by atoms with Gasteiger partial charge in [0.2, 0.25) is 11.6 Å². The van der Waals surface area contributed by atoms with Crippen molar-refractivity contribution in [3.8, 4) is 11.5 Å². The lowest BCUT2D eigenvalue weighted by Gasteiger charge is -2.54. The van der Waals surface area contributed by atoms with Crippen LogP contribution >= 0.6 is 0 Å². The molecule has 0 radical (unpaired) electrons. The third-order valence-electron chi connectivity index (χ3n) is 6.89. The number of aryl methyl sites for hydroxylation is 3. The Hall–Kier alpha value is -4.00. The Balaban J connectivity index is 1.65. The van der Waals surface area contributed by atoms with E-state index >= 15 is 0 Å². The first-order chi connectivity index (χ1) is 16.7. The number of nitrogens with zero attached hydrogens (tertiary/aromatic N) is 1. The third-order valence-corrected chi connectivity index (χ3v) is 6.89. The standard InChI is InChI=1S/C28H29N3O4/c1-16-8-6-9-19(15-16)31-27(33)30-24-20-10-7-11-22(34-5)25(20)35-28(31,4)23(24)26(32)29-21-13-12-17(2)14-18(21)3/h6-15,23-24H,1-5H3,(H,29,32)(H,30,33)/t23-,24+,28+/m1/s1. The van der Waals surface area contributed by atoms with Gasteiger partial charge in [-0.3, -0.25) is 9.69 Å². The van der Waals surface area contributed by atoms with Crippen molar-refractivity contribution in [1.82, 2.24) is 5.32 Å². The lowest BCUT2D eigenvalue weighted by atomic mass is 9.78. The number of anilines is 2. The summed E-state index contributed by atoms with van der Waals surface area (Å²) in [5.41, 5.74) is 3.84. The van der Waals surface area contributed by atoms with Crippen LogP contribution in [-0.4, -0.2) is 24.8 Å². The largest absolute Gasteiger partial charge is 0.493 e. The average molecular weight is 472 g/mol. The van der Waals surface area contributed by atoms with E-state index in [4.69, 9.17) is 9.47 Å². The van der Waals surface area contributed by atoms with Gasteiger partial charge in [0.15, 0.2) is 11.5 Å². The second kappa shape index (κ2) is 8.34. The molecular formula is C28H29N3O4. The van der Waals surface area contributed by atoms with Crippen LogP contribution in [0.25, 0.3) is 0 Å². The molecule has 7 nitrogen and oxygen atoms in total. The Morgan fingerprint density at radius 1 is 1.06 bits per heavy atom. The fraction of sp³-hybridized carbons (Fsp3) is 0.286. The monoisotopic (exact) mass is 471 g/mol. The molecule has 0 spiro atoms. The number of fused-ring (bicyclic) bond motifs is 4. The topological polar surface area (TPSA) is 79.9 Å². The van der Waals surface area contributed by atoms with E-state index in [1.807, 2.05) is 81.4 Å². The van der Waals surface area contributed by atoms with Crippen molar-refractivity contribution in [2.75, 3.05) is 17.3 Å². The fourth-order valence-corrected chi connectivity index (χ4v) is 5.25. The summed E-state index contributed by atoms with van der Waals surface area (Å²) in [5, 5.41) is 6.17. The zero-order chi connectivity index (χ0) is 24.9. The quantitative estimate of drug-likeness (QED) is 0.544. The molecule has 0 saturated carbocycles. The van der Waals surface area contributed by atoms with Crippen molar-refractivity contribution >= 4 is 23.3 Å². The molecule has 2 N–H and O–H groups in total. The minimum absolute atomic E-state index is 0.240. The number of ether oxygens (including phenoxy) is 2. The summed E-state index contributed by atoms with van der Waals surface area (Å²) in [5.74, 6) is 0.0830. The SMILES string of the molecule is COc1cccc2c1O[C@@]1(C)[C@@H](C(=O)Nc3ccc(C)cc3C)[C@H]2NC(=O)N1c1cccc(C)c1. The highest BCUT2D eigenvalue weighted by molar-refractivity contribution is 6.02. The van der Waals surface area contributed by atoms with Crippen LogP contribution in [0.1, 0.15) is 35.2 Å². The average Bonchev–Trinajstić information content (AvgIpc) is 2.80. The Labute approximate surface area is 205 Å². The molecule has 2 heterocycles. The van der Waals surface area contributed by atoms with Crippen molar-refractivity contribution in [2.45, 2.75) is 39.5 Å². The van der Waals surface area contributed by atoms with Gasteiger partial charge in [-0.15, -0.1) is 0 Å². The van der Waals surface area contributed by atoms with Crippen molar-refractivity contribution in [3.05, 3.63) is 82.9 Å². The molecule has 5 rings (SSSR count). The number of nitrogens with one attached hydrogen (secondary N) is 2. The normalized spacial score (nSPS) is 22.5. The number of urea groups is 1. The van der Waals surface area contributed by atoms with Gasteiger partial charge in [-0.05, 0) is 63.1 Å². The molecule has 2 aliphatic rings. The minimum Gasteiger partial charge on any atom is -0.493 e. The molecule has 2 aliphatic heterocycles. The Kier molecular flexibility index (Phi) is 5.43. The number of amides is 3. The smallest absolute Gasteiger partial charge is 0.325 e. The Bertz CT molecular complexity index is 1340. The summed E-state index contributed by atoms with van der Waals surface area (Å²) in [6.45, 7) is 7.73. The van der Waals surface area contributed by atoms with Crippen LogP contribution in [0.4, 0.5) is 16.2 Å². The second-order valence-electron chi connectivity index (χ2n) is 9.42. The van der Waals surface area contributed by atoms with E-state index in [0.29, 0.717) is 22.7 Å². The zero-order valence-corrected chi connectivity index (χ0v) is 20.5. The van der Waals surface area contributed by atoms with Gasteiger partial charge in [0.05, 0.1) is 13.2 Å². The molecule has 3 aromatic carbocycles. The predicted octanol–water partition coefficient (Wildman–Crippen LogP) is 5.25. The molecular weight excluding hydrogens is 442 g/mol. The molecule has 7 heteroatoms. The van der Waals surface area contributed by atoms with Gasteiger partial charge in [-0.25, -0.2) is 4.79 Å². The maximum atomic E-state index is 13.9. The highest BCUT2D eigenvalue weighted by atomic mass is 16.5. The summed E-state index contributed by atoms with van der Waals surface area (Å²) in [6, 6.07) is 18.1. The van der Waals surface area contributed by atoms with E-state index in [1.165, 1.54) is 4.90 Å². The van der Waals surface area contributed by atoms with Crippen molar-refractivity contribution in [1.29, 1.82) is 0 Å². The Morgan fingerprint density at radius 2 is 1.80 bits per heavy atom. The van der Waals surface area contributed by atoms with Gasteiger partial charge in [-0.2, -0.15) is 0 Å². The molecule has 35 heavy (non-hydrogen) atoms. The lowest BCUT2D eigenvalue weighted by Crippen LogP contribution is -2.72. The number of carbonyl (C=O) groups is 2. The number of carbonyl (C=O) groups excluding carboxylic acids is 2. The Morgan fingerprint density at radius 3 is 2.51 bits per heavy atom. The second-order valence-corrected chi connectivity index (χ2v) is 9.42. The maximum Gasteiger partial charge on any atom is 0.325 e. The van der Waals surface area contributed by atoms with Crippen LogP contribution in [0.2, 0.25) is 0 Å². The fourth-order valence-electron chi connectivity index (χ4n) is 5.25. The molecule has 2 bridgehead atoms. The molecule has 180 valence electrons.